The van der Waals surface area contributed by atoms with Crippen LogP contribution in [0.1, 0.15) is 20.3 Å². The smallest absolute Gasteiger partial charge is 0.386 e. The van der Waals surface area contributed by atoms with Crippen LogP contribution in [0.5, 0.6) is 0 Å². The fourth-order valence-electron chi connectivity index (χ4n) is 0.833. The van der Waals surface area contributed by atoms with Crippen molar-refractivity contribution in [3.63, 3.8) is 0 Å². The highest BCUT2D eigenvalue weighted by Gasteiger charge is 2.24. The van der Waals surface area contributed by atoms with E-state index in [1.807, 2.05) is 0 Å². The summed E-state index contributed by atoms with van der Waals surface area (Å²) in [5.74, 6) is 0.532. The fraction of sp³-hybridized carbons (Fsp3) is 1.00. The lowest BCUT2D eigenvalue weighted by atomic mass is 10.1. The molecule has 0 amide bonds. The molecule has 64 valence electrons. The van der Waals surface area contributed by atoms with Gasteiger partial charge in [-0.2, -0.15) is 0 Å². The molecule has 0 aromatic carbocycles. The molecule has 1 aliphatic rings. The summed E-state index contributed by atoms with van der Waals surface area (Å²) in [6.45, 7) is 6.40. The molecule has 3 nitrogen and oxygen atoms in total. The van der Waals surface area contributed by atoms with E-state index in [2.05, 4.69) is 13.8 Å². The molecule has 0 aliphatic carbocycles. The van der Waals surface area contributed by atoms with Crippen molar-refractivity contribution in [2.45, 2.75) is 20.3 Å². The van der Waals surface area contributed by atoms with Gasteiger partial charge in [-0.15, -0.1) is 0 Å². The minimum absolute atomic E-state index is 0.411. The summed E-state index contributed by atoms with van der Waals surface area (Å²) >= 11 is 0. The van der Waals surface area contributed by atoms with Crippen LogP contribution in [-0.4, -0.2) is 27.1 Å². The van der Waals surface area contributed by atoms with E-state index in [4.69, 9.17) is 14.0 Å². The summed E-state index contributed by atoms with van der Waals surface area (Å²) in [5.41, 5.74) is 0. The molecule has 11 heavy (non-hydrogen) atoms. The molecule has 1 fully saturated rings. The molecule has 0 atom stereocenters. The minimum atomic E-state index is -0.411. The van der Waals surface area contributed by atoms with Gasteiger partial charge in [0.05, 0.1) is 0 Å². The first-order valence-electron chi connectivity index (χ1n) is 4.14. The zero-order chi connectivity index (χ0) is 8.10. The van der Waals surface area contributed by atoms with Gasteiger partial charge in [0.15, 0.2) is 0 Å². The second-order valence-corrected chi connectivity index (χ2v) is 3.11. The SMILES string of the molecule is CC(C)COB1OCCCO1. The molecule has 0 radical (unpaired) electrons. The molecule has 0 aromatic heterocycles. The van der Waals surface area contributed by atoms with Crippen molar-refractivity contribution >= 4 is 7.32 Å². The second-order valence-electron chi connectivity index (χ2n) is 3.11. The largest absolute Gasteiger partial charge is 0.639 e. The quantitative estimate of drug-likeness (QED) is 0.575. The van der Waals surface area contributed by atoms with E-state index in [-0.39, 0.29) is 0 Å². The summed E-state index contributed by atoms with van der Waals surface area (Å²) in [7, 11) is -0.411. The maximum Gasteiger partial charge on any atom is 0.639 e. The maximum absolute atomic E-state index is 5.30. The number of hydrogen-bond acceptors (Lipinski definition) is 3. The van der Waals surface area contributed by atoms with Gasteiger partial charge in [0.2, 0.25) is 0 Å². The normalized spacial score (nSPS) is 19.4. The molecular weight excluding hydrogens is 143 g/mol. The molecule has 0 bridgehead atoms. The van der Waals surface area contributed by atoms with Crippen molar-refractivity contribution in [1.29, 1.82) is 0 Å². The lowest BCUT2D eigenvalue weighted by molar-refractivity contribution is 0.0468. The molecular formula is C7H15BO3. The van der Waals surface area contributed by atoms with E-state index in [1.165, 1.54) is 0 Å². The molecule has 1 aliphatic heterocycles. The van der Waals surface area contributed by atoms with Crippen molar-refractivity contribution in [3.8, 4) is 0 Å². The van der Waals surface area contributed by atoms with Gasteiger partial charge in [0, 0.05) is 19.8 Å². The fourth-order valence-corrected chi connectivity index (χ4v) is 0.833. The van der Waals surface area contributed by atoms with Gasteiger partial charge in [0.25, 0.3) is 0 Å². The molecule has 0 saturated carbocycles. The van der Waals surface area contributed by atoms with Crippen molar-refractivity contribution in [1.82, 2.24) is 0 Å². The van der Waals surface area contributed by atoms with E-state index in [1.54, 1.807) is 0 Å². The Labute approximate surface area is 68.2 Å². The van der Waals surface area contributed by atoms with Crippen LogP contribution >= 0.6 is 0 Å². The average molecular weight is 158 g/mol. The van der Waals surface area contributed by atoms with Gasteiger partial charge in [-0.05, 0) is 12.3 Å². The van der Waals surface area contributed by atoms with Crippen molar-refractivity contribution in [2.75, 3.05) is 19.8 Å². The Balaban J connectivity index is 2.05. The molecule has 1 heterocycles. The molecule has 0 N–H and O–H groups in total. The van der Waals surface area contributed by atoms with Crippen LogP contribution in [0.2, 0.25) is 0 Å². The van der Waals surface area contributed by atoms with Crippen LogP contribution < -0.4 is 0 Å². The zero-order valence-electron chi connectivity index (χ0n) is 7.21. The van der Waals surface area contributed by atoms with Gasteiger partial charge in [-0.3, -0.25) is 0 Å². The Hall–Kier alpha value is -0.0551. The third kappa shape index (κ3) is 3.75. The first-order chi connectivity index (χ1) is 5.29. The van der Waals surface area contributed by atoms with Crippen LogP contribution in [-0.2, 0) is 14.0 Å². The van der Waals surface area contributed by atoms with Crippen molar-refractivity contribution in [2.24, 2.45) is 5.92 Å². The van der Waals surface area contributed by atoms with Crippen LogP contribution in [0.25, 0.3) is 0 Å². The highest BCUT2D eigenvalue weighted by molar-refractivity contribution is 6.36. The third-order valence-electron chi connectivity index (χ3n) is 1.36. The van der Waals surface area contributed by atoms with E-state index in [9.17, 15) is 0 Å². The maximum atomic E-state index is 5.30. The molecule has 1 rings (SSSR count). The van der Waals surface area contributed by atoms with Gasteiger partial charge in [-0.1, -0.05) is 13.8 Å². The summed E-state index contributed by atoms with van der Waals surface area (Å²) in [5, 5.41) is 0. The van der Waals surface area contributed by atoms with Gasteiger partial charge >= 0.3 is 7.32 Å². The van der Waals surface area contributed by atoms with Crippen LogP contribution in [0, 0.1) is 5.92 Å². The average Bonchev–Trinajstić information content (AvgIpc) is 2.03. The third-order valence-corrected chi connectivity index (χ3v) is 1.36. The number of rotatable bonds is 3. The predicted octanol–water partition coefficient (Wildman–Crippen LogP) is 1.08. The van der Waals surface area contributed by atoms with E-state index < -0.39 is 7.32 Å². The highest BCUT2D eigenvalue weighted by Crippen LogP contribution is 2.03. The predicted molar refractivity (Wildman–Crippen MR) is 43.1 cm³/mol. The van der Waals surface area contributed by atoms with Gasteiger partial charge < -0.3 is 14.0 Å². The molecule has 4 heteroatoms. The van der Waals surface area contributed by atoms with Crippen LogP contribution in [0.3, 0.4) is 0 Å². The summed E-state index contributed by atoms with van der Waals surface area (Å²) in [4.78, 5) is 0. The second kappa shape index (κ2) is 4.75. The summed E-state index contributed by atoms with van der Waals surface area (Å²) in [6.07, 6.45) is 0.974. The van der Waals surface area contributed by atoms with Crippen molar-refractivity contribution < 1.29 is 14.0 Å². The highest BCUT2D eigenvalue weighted by atomic mass is 16.7. The van der Waals surface area contributed by atoms with Gasteiger partial charge in [-0.25, -0.2) is 0 Å². The standard InChI is InChI=1S/C7H15BO3/c1-7(2)6-11-8-9-4-3-5-10-8/h7H,3-6H2,1-2H3. The summed E-state index contributed by atoms with van der Waals surface area (Å²) in [6, 6.07) is 0. The monoisotopic (exact) mass is 158 g/mol. The van der Waals surface area contributed by atoms with Crippen molar-refractivity contribution in [3.05, 3.63) is 0 Å². The molecule has 0 unspecified atom stereocenters. The lowest BCUT2D eigenvalue weighted by Crippen LogP contribution is -2.33. The lowest BCUT2D eigenvalue weighted by Gasteiger charge is -2.19. The zero-order valence-corrected chi connectivity index (χ0v) is 7.21. The Kier molecular flexibility index (Phi) is 3.90. The van der Waals surface area contributed by atoms with E-state index in [0.717, 1.165) is 19.6 Å². The van der Waals surface area contributed by atoms with E-state index in [0.29, 0.717) is 12.5 Å². The summed E-state index contributed by atoms with van der Waals surface area (Å²) < 4.78 is 15.7. The first-order valence-corrected chi connectivity index (χ1v) is 4.14. The molecule has 0 aromatic rings. The Bertz CT molecular complexity index is 102. The number of hydrogen-bond donors (Lipinski definition) is 0. The minimum Gasteiger partial charge on any atom is -0.386 e. The topological polar surface area (TPSA) is 27.7 Å². The van der Waals surface area contributed by atoms with Crippen LogP contribution in [0.15, 0.2) is 0 Å². The van der Waals surface area contributed by atoms with Crippen LogP contribution in [0.4, 0.5) is 0 Å². The van der Waals surface area contributed by atoms with E-state index >= 15 is 0 Å². The first kappa shape index (κ1) is 9.04. The molecule has 1 saturated heterocycles. The Morgan fingerprint density at radius 1 is 1.36 bits per heavy atom. The Morgan fingerprint density at radius 3 is 2.55 bits per heavy atom. The molecule has 0 spiro atoms. The van der Waals surface area contributed by atoms with Gasteiger partial charge in [0.1, 0.15) is 0 Å². The Morgan fingerprint density at radius 2 is 2.00 bits per heavy atom.